The third-order valence-electron chi connectivity index (χ3n) is 4.78. The normalized spacial score (nSPS) is 15.8. The maximum atomic E-state index is 12.7. The molecule has 0 radical (unpaired) electrons. The summed E-state index contributed by atoms with van der Waals surface area (Å²) in [4.78, 5) is 16.5. The van der Waals surface area contributed by atoms with Gasteiger partial charge in [-0.2, -0.15) is 13.2 Å². The monoisotopic (exact) mass is 441 g/mol. The highest BCUT2D eigenvalue weighted by Gasteiger charge is 2.30. The van der Waals surface area contributed by atoms with Crippen LogP contribution in [-0.2, 0) is 22.7 Å². The van der Waals surface area contributed by atoms with Crippen LogP contribution in [0.2, 0.25) is 0 Å². The van der Waals surface area contributed by atoms with E-state index in [4.69, 9.17) is 0 Å². The summed E-state index contributed by atoms with van der Waals surface area (Å²) in [6, 6.07) is 11.3. The Morgan fingerprint density at radius 3 is 2.03 bits per heavy atom. The number of anilines is 1. The van der Waals surface area contributed by atoms with Gasteiger partial charge >= 0.3 is 6.18 Å². The molecule has 1 fully saturated rings. The highest BCUT2D eigenvalue weighted by molar-refractivity contribution is 7.92. The average Bonchev–Trinajstić information content (AvgIpc) is 2.67. The number of nitrogens with zero attached hydrogens (tertiary/aromatic N) is 2. The van der Waals surface area contributed by atoms with Crippen LogP contribution in [-0.4, -0.2) is 56.6 Å². The molecule has 162 valence electrons. The standard InChI is InChI=1S/C20H22F3N3O3S/c1-30(28,29)24-18-8-4-16(5-9-18)19(27)26-12-10-25(11-13-26)14-15-2-6-17(7-3-15)20(21,22)23/h2-9,24H,10-14H2,1H3. The molecule has 0 bridgehead atoms. The minimum absolute atomic E-state index is 0.143. The summed E-state index contributed by atoms with van der Waals surface area (Å²) < 4.78 is 62.8. The van der Waals surface area contributed by atoms with Crippen molar-refractivity contribution in [1.82, 2.24) is 9.80 Å². The molecule has 1 aliphatic rings. The minimum atomic E-state index is -4.34. The zero-order valence-electron chi connectivity index (χ0n) is 16.3. The summed E-state index contributed by atoms with van der Waals surface area (Å²) >= 11 is 0. The topological polar surface area (TPSA) is 69.7 Å². The summed E-state index contributed by atoms with van der Waals surface area (Å²) in [5, 5.41) is 0. The van der Waals surface area contributed by atoms with Crippen LogP contribution in [0.1, 0.15) is 21.5 Å². The van der Waals surface area contributed by atoms with Gasteiger partial charge in [0.25, 0.3) is 5.91 Å². The van der Waals surface area contributed by atoms with Gasteiger partial charge in [0.2, 0.25) is 10.0 Å². The Hall–Kier alpha value is -2.59. The van der Waals surface area contributed by atoms with Crippen molar-refractivity contribution in [3.63, 3.8) is 0 Å². The molecule has 1 amide bonds. The van der Waals surface area contributed by atoms with E-state index < -0.39 is 21.8 Å². The molecule has 6 nitrogen and oxygen atoms in total. The van der Waals surface area contributed by atoms with Gasteiger partial charge in [0.05, 0.1) is 11.8 Å². The molecule has 0 atom stereocenters. The van der Waals surface area contributed by atoms with Crippen molar-refractivity contribution < 1.29 is 26.4 Å². The predicted molar refractivity (Wildman–Crippen MR) is 108 cm³/mol. The van der Waals surface area contributed by atoms with E-state index in [-0.39, 0.29) is 5.91 Å². The van der Waals surface area contributed by atoms with Crippen molar-refractivity contribution in [2.75, 3.05) is 37.2 Å². The lowest BCUT2D eigenvalue weighted by Gasteiger charge is -2.34. The first kappa shape index (κ1) is 22.1. The highest BCUT2D eigenvalue weighted by Crippen LogP contribution is 2.29. The number of benzene rings is 2. The first-order valence-electron chi connectivity index (χ1n) is 9.27. The molecule has 3 rings (SSSR count). The van der Waals surface area contributed by atoms with E-state index >= 15 is 0 Å². The molecule has 1 aliphatic heterocycles. The molecule has 0 unspecified atom stereocenters. The third kappa shape index (κ3) is 5.96. The van der Waals surface area contributed by atoms with E-state index in [1.807, 2.05) is 0 Å². The molecule has 1 N–H and O–H groups in total. The van der Waals surface area contributed by atoms with Crippen LogP contribution >= 0.6 is 0 Å². The average molecular weight is 441 g/mol. The molecule has 0 aliphatic carbocycles. The Labute approximate surface area is 173 Å². The van der Waals surface area contributed by atoms with E-state index in [0.717, 1.165) is 24.0 Å². The lowest BCUT2D eigenvalue weighted by Crippen LogP contribution is -2.48. The molecule has 0 saturated carbocycles. The van der Waals surface area contributed by atoms with Crippen LogP contribution in [0.25, 0.3) is 0 Å². The van der Waals surface area contributed by atoms with Gasteiger partial charge in [-0.3, -0.25) is 14.4 Å². The largest absolute Gasteiger partial charge is 0.416 e. The third-order valence-corrected chi connectivity index (χ3v) is 5.39. The fourth-order valence-electron chi connectivity index (χ4n) is 3.24. The van der Waals surface area contributed by atoms with E-state index in [0.29, 0.717) is 44.0 Å². The van der Waals surface area contributed by atoms with E-state index in [1.54, 1.807) is 17.0 Å². The Morgan fingerprint density at radius 2 is 1.53 bits per heavy atom. The second-order valence-electron chi connectivity index (χ2n) is 7.21. The summed E-state index contributed by atoms with van der Waals surface area (Å²) in [5.41, 5.74) is 0.969. The van der Waals surface area contributed by atoms with Gasteiger partial charge in [0.1, 0.15) is 0 Å². The number of alkyl halides is 3. The first-order chi connectivity index (χ1) is 14.0. The predicted octanol–water partition coefficient (Wildman–Crippen LogP) is 3.03. The zero-order chi connectivity index (χ0) is 21.9. The summed E-state index contributed by atoms with van der Waals surface area (Å²) in [5.74, 6) is -0.143. The number of hydrogen-bond acceptors (Lipinski definition) is 4. The maximum Gasteiger partial charge on any atom is 0.416 e. The molecule has 1 saturated heterocycles. The van der Waals surface area contributed by atoms with Crippen molar-refractivity contribution in [3.8, 4) is 0 Å². The lowest BCUT2D eigenvalue weighted by atomic mass is 10.1. The molecule has 10 heteroatoms. The van der Waals surface area contributed by atoms with Crippen molar-refractivity contribution in [1.29, 1.82) is 0 Å². The number of rotatable bonds is 5. The van der Waals surface area contributed by atoms with Gasteiger partial charge in [0, 0.05) is 44.0 Å². The molecule has 0 aromatic heterocycles. The molecule has 30 heavy (non-hydrogen) atoms. The lowest BCUT2D eigenvalue weighted by molar-refractivity contribution is -0.137. The molecule has 1 heterocycles. The quantitative estimate of drug-likeness (QED) is 0.775. The minimum Gasteiger partial charge on any atom is -0.336 e. The van der Waals surface area contributed by atoms with Crippen molar-refractivity contribution in [2.45, 2.75) is 12.7 Å². The second-order valence-corrected chi connectivity index (χ2v) is 8.96. The Kier molecular flexibility index (Phi) is 6.37. The van der Waals surface area contributed by atoms with E-state index in [1.165, 1.54) is 24.3 Å². The summed E-state index contributed by atoms with van der Waals surface area (Å²) in [6.45, 7) is 2.75. The molecule has 2 aromatic rings. The first-order valence-corrected chi connectivity index (χ1v) is 11.2. The molecular formula is C20H22F3N3O3S. The Morgan fingerprint density at radius 1 is 0.967 bits per heavy atom. The van der Waals surface area contributed by atoms with Crippen molar-refractivity contribution in [2.24, 2.45) is 0 Å². The fraction of sp³-hybridized carbons (Fsp3) is 0.350. The summed E-state index contributed by atoms with van der Waals surface area (Å²) in [6.07, 6.45) is -3.29. The van der Waals surface area contributed by atoms with Crippen LogP contribution in [0.4, 0.5) is 18.9 Å². The van der Waals surface area contributed by atoms with Gasteiger partial charge in [-0.25, -0.2) is 8.42 Å². The van der Waals surface area contributed by atoms with Crippen molar-refractivity contribution in [3.05, 3.63) is 65.2 Å². The van der Waals surface area contributed by atoms with Crippen LogP contribution in [0.5, 0.6) is 0 Å². The number of amides is 1. The molecular weight excluding hydrogens is 419 g/mol. The molecule has 0 spiro atoms. The number of piperazine rings is 1. The van der Waals surface area contributed by atoms with Gasteiger partial charge < -0.3 is 4.90 Å². The summed E-state index contributed by atoms with van der Waals surface area (Å²) in [7, 11) is -3.38. The van der Waals surface area contributed by atoms with E-state index in [9.17, 15) is 26.4 Å². The maximum absolute atomic E-state index is 12.7. The number of halogens is 3. The number of nitrogens with one attached hydrogen (secondary N) is 1. The highest BCUT2D eigenvalue weighted by atomic mass is 32.2. The van der Waals surface area contributed by atoms with Crippen LogP contribution < -0.4 is 4.72 Å². The van der Waals surface area contributed by atoms with Crippen LogP contribution in [0.3, 0.4) is 0 Å². The van der Waals surface area contributed by atoms with Gasteiger partial charge in [-0.1, -0.05) is 12.1 Å². The Balaban J connectivity index is 1.53. The van der Waals surface area contributed by atoms with Crippen LogP contribution in [0, 0.1) is 0 Å². The van der Waals surface area contributed by atoms with Crippen LogP contribution in [0.15, 0.2) is 48.5 Å². The number of hydrogen-bond donors (Lipinski definition) is 1. The van der Waals surface area contributed by atoms with Gasteiger partial charge in [-0.15, -0.1) is 0 Å². The van der Waals surface area contributed by atoms with Gasteiger partial charge in [-0.05, 0) is 42.0 Å². The fourth-order valence-corrected chi connectivity index (χ4v) is 3.81. The number of sulfonamides is 1. The second kappa shape index (κ2) is 8.65. The number of carbonyl (C=O) groups is 1. The SMILES string of the molecule is CS(=O)(=O)Nc1ccc(C(=O)N2CCN(Cc3ccc(C(F)(F)F)cc3)CC2)cc1. The number of carbonyl (C=O) groups excluding carboxylic acids is 1. The smallest absolute Gasteiger partial charge is 0.336 e. The van der Waals surface area contributed by atoms with Gasteiger partial charge in [0.15, 0.2) is 0 Å². The molecule has 2 aromatic carbocycles. The zero-order valence-corrected chi connectivity index (χ0v) is 17.1. The Bertz CT molecular complexity index is 983. The van der Waals surface area contributed by atoms with E-state index in [2.05, 4.69) is 9.62 Å². The van der Waals surface area contributed by atoms with Crippen molar-refractivity contribution >= 4 is 21.6 Å².